The monoisotopic (exact) mass is 150 g/mol. The van der Waals surface area contributed by atoms with Crippen molar-refractivity contribution in [1.29, 1.82) is 0 Å². The van der Waals surface area contributed by atoms with Gasteiger partial charge in [-0.05, 0) is 31.7 Å². The van der Waals surface area contributed by atoms with Gasteiger partial charge in [-0.15, -0.1) is 0 Å². The van der Waals surface area contributed by atoms with Gasteiger partial charge in [-0.1, -0.05) is 12.2 Å². The molecule has 0 unspecified atom stereocenters. The average Bonchev–Trinajstić information content (AvgIpc) is 2.10. The minimum absolute atomic E-state index is 1.25. The highest BCUT2D eigenvalue weighted by Crippen LogP contribution is 1.81. The van der Waals surface area contributed by atoms with Gasteiger partial charge in [0.05, 0.1) is 0 Å². The zero-order valence-electron chi connectivity index (χ0n) is 6.59. The second-order valence-electron chi connectivity index (χ2n) is 2.37. The van der Waals surface area contributed by atoms with Crippen LogP contribution < -0.4 is 10.6 Å². The molecule has 1 saturated heterocycles. The van der Waals surface area contributed by atoms with Gasteiger partial charge in [0.25, 0.3) is 0 Å². The molecule has 2 heteroatoms. The number of hydrogen-bond acceptors (Lipinski definition) is 2. The van der Waals surface area contributed by atoms with Crippen LogP contribution in [-0.2, 0) is 0 Å². The van der Waals surface area contributed by atoms with E-state index in [9.17, 15) is 0 Å². The van der Waals surface area contributed by atoms with Gasteiger partial charge in [0.15, 0.2) is 0 Å². The highest BCUT2D eigenvalue weighted by Gasteiger charge is 1.92. The van der Waals surface area contributed by atoms with E-state index < -0.39 is 0 Å². The number of nitrogens with one attached hydrogen (secondary N) is 2. The SMILES string of the molecule is C1=CC=CNC=C1.C1CNC1. The molecule has 11 heavy (non-hydrogen) atoms. The van der Waals surface area contributed by atoms with Crippen molar-refractivity contribution in [3.63, 3.8) is 0 Å². The number of rotatable bonds is 0. The maximum absolute atomic E-state index is 3.11. The van der Waals surface area contributed by atoms with Gasteiger partial charge < -0.3 is 10.6 Å². The van der Waals surface area contributed by atoms with Crippen LogP contribution in [0.2, 0.25) is 0 Å². The smallest absolute Gasteiger partial charge is 0.000442 e. The van der Waals surface area contributed by atoms with E-state index in [0.29, 0.717) is 0 Å². The molecule has 2 rings (SSSR count). The van der Waals surface area contributed by atoms with Crippen molar-refractivity contribution in [1.82, 2.24) is 10.6 Å². The summed E-state index contributed by atoms with van der Waals surface area (Å²) in [5.74, 6) is 0. The predicted octanol–water partition coefficient (Wildman–Crippen LogP) is 1.15. The van der Waals surface area contributed by atoms with Crippen molar-refractivity contribution in [2.45, 2.75) is 6.42 Å². The third-order valence-corrected chi connectivity index (χ3v) is 1.43. The topological polar surface area (TPSA) is 24.1 Å². The largest absolute Gasteiger partial charge is 0.368 e. The van der Waals surface area contributed by atoms with Crippen molar-refractivity contribution >= 4 is 0 Å². The second kappa shape index (κ2) is 5.74. The van der Waals surface area contributed by atoms with Gasteiger partial charge in [-0.3, -0.25) is 0 Å². The van der Waals surface area contributed by atoms with Crippen LogP contribution in [0, 0.1) is 0 Å². The molecule has 2 aliphatic rings. The molecular weight excluding hydrogens is 136 g/mol. The Kier molecular flexibility index (Phi) is 4.22. The van der Waals surface area contributed by atoms with Crippen molar-refractivity contribution in [3.8, 4) is 0 Å². The third kappa shape index (κ3) is 4.39. The van der Waals surface area contributed by atoms with Crippen LogP contribution in [0.1, 0.15) is 6.42 Å². The quantitative estimate of drug-likeness (QED) is 0.541. The molecule has 60 valence electrons. The molecule has 0 aliphatic carbocycles. The second-order valence-corrected chi connectivity index (χ2v) is 2.37. The van der Waals surface area contributed by atoms with Crippen LogP contribution in [0.15, 0.2) is 36.7 Å². The first-order chi connectivity index (χ1) is 5.50. The lowest BCUT2D eigenvalue weighted by Gasteiger charge is -2.09. The van der Waals surface area contributed by atoms with E-state index in [4.69, 9.17) is 0 Å². The Labute approximate surface area is 67.7 Å². The molecule has 1 fully saturated rings. The van der Waals surface area contributed by atoms with Crippen LogP contribution in [0.3, 0.4) is 0 Å². The summed E-state index contributed by atoms with van der Waals surface area (Å²) in [6.45, 7) is 2.50. The molecule has 2 aliphatic heterocycles. The maximum atomic E-state index is 3.11. The van der Waals surface area contributed by atoms with Crippen molar-refractivity contribution in [2.24, 2.45) is 0 Å². The molecule has 0 spiro atoms. The Bertz CT molecular complexity index is 146. The molecule has 2 heterocycles. The fourth-order valence-corrected chi connectivity index (χ4v) is 0.583. The molecule has 0 aromatic carbocycles. The molecular formula is C9H14N2. The summed E-state index contributed by atoms with van der Waals surface area (Å²) in [5, 5.41) is 6.03. The molecule has 0 aromatic rings. The van der Waals surface area contributed by atoms with E-state index in [1.165, 1.54) is 19.5 Å². The third-order valence-electron chi connectivity index (χ3n) is 1.43. The summed E-state index contributed by atoms with van der Waals surface area (Å²) in [5.41, 5.74) is 0. The molecule has 2 nitrogen and oxygen atoms in total. The highest BCUT2D eigenvalue weighted by molar-refractivity contribution is 5.14. The first-order valence-electron chi connectivity index (χ1n) is 3.95. The van der Waals surface area contributed by atoms with E-state index in [0.717, 1.165) is 0 Å². The number of hydrogen-bond donors (Lipinski definition) is 2. The Morgan fingerprint density at radius 1 is 0.818 bits per heavy atom. The first-order valence-corrected chi connectivity index (χ1v) is 3.95. The van der Waals surface area contributed by atoms with Crippen molar-refractivity contribution in [2.75, 3.05) is 13.1 Å². The Morgan fingerprint density at radius 3 is 1.64 bits per heavy atom. The standard InChI is InChI=1S/C6H7N.C3H7N/c1-2-4-6-7-5-3-1;1-2-4-3-1/h1-7H;4H,1-3H2. The summed E-state index contributed by atoms with van der Waals surface area (Å²) in [7, 11) is 0. The van der Waals surface area contributed by atoms with Crippen LogP contribution in [0.5, 0.6) is 0 Å². The van der Waals surface area contributed by atoms with E-state index >= 15 is 0 Å². The summed E-state index contributed by atoms with van der Waals surface area (Å²) >= 11 is 0. The molecule has 0 aromatic heterocycles. The van der Waals surface area contributed by atoms with E-state index in [1.54, 1.807) is 0 Å². The zero-order valence-corrected chi connectivity index (χ0v) is 6.59. The highest BCUT2D eigenvalue weighted by atomic mass is 14.9. The van der Waals surface area contributed by atoms with Gasteiger partial charge in [0.1, 0.15) is 0 Å². The van der Waals surface area contributed by atoms with E-state index in [-0.39, 0.29) is 0 Å². The minimum Gasteiger partial charge on any atom is -0.368 e. The summed E-state index contributed by atoms with van der Waals surface area (Å²) < 4.78 is 0. The lowest BCUT2D eigenvalue weighted by molar-refractivity contribution is 0.527. The van der Waals surface area contributed by atoms with Crippen molar-refractivity contribution < 1.29 is 0 Å². The Hall–Kier alpha value is -1.02. The molecule has 0 amide bonds. The van der Waals surface area contributed by atoms with E-state index in [1.807, 2.05) is 36.7 Å². The normalized spacial score (nSPS) is 18.9. The first kappa shape index (κ1) is 8.08. The lowest BCUT2D eigenvalue weighted by atomic mass is 10.3. The van der Waals surface area contributed by atoms with Gasteiger partial charge in [-0.25, -0.2) is 0 Å². The van der Waals surface area contributed by atoms with Gasteiger partial charge in [0.2, 0.25) is 0 Å². The Morgan fingerprint density at radius 2 is 1.27 bits per heavy atom. The predicted molar refractivity (Wildman–Crippen MR) is 48.0 cm³/mol. The van der Waals surface area contributed by atoms with Gasteiger partial charge >= 0.3 is 0 Å². The Balaban J connectivity index is 0.000000128. The van der Waals surface area contributed by atoms with Gasteiger partial charge in [-0.2, -0.15) is 0 Å². The van der Waals surface area contributed by atoms with Crippen LogP contribution in [0.25, 0.3) is 0 Å². The maximum Gasteiger partial charge on any atom is 0.000442 e. The molecule has 0 saturated carbocycles. The summed E-state index contributed by atoms with van der Waals surface area (Å²) in [6, 6.07) is 0. The fraction of sp³-hybridized carbons (Fsp3) is 0.333. The molecule has 2 N–H and O–H groups in total. The minimum atomic E-state index is 1.25. The molecule has 0 atom stereocenters. The lowest BCUT2D eigenvalue weighted by Crippen LogP contribution is -2.29. The average molecular weight is 150 g/mol. The van der Waals surface area contributed by atoms with Crippen LogP contribution in [0.4, 0.5) is 0 Å². The number of allylic oxidation sites excluding steroid dienone is 4. The van der Waals surface area contributed by atoms with Gasteiger partial charge in [0, 0.05) is 12.4 Å². The summed E-state index contributed by atoms with van der Waals surface area (Å²) in [6.07, 6.45) is 13.0. The zero-order chi connectivity index (χ0) is 7.78. The molecule has 0 radical (unpaired) electrons. The summed E-state index contributed by atoms with van der Waals surface area (Å²) in [4.78, 5) is 0. The van der Waals surface area contributed by atoms with Crippen molar-refractivity contribution in [3.05, 3.63) is 36.7 Å². The van der Waals surface area contributed by atoms with Crippen LogP contribution >= 0.6 is 0 Å². The molecule has 0 bridgehead atoms. The fourth-order valence-electron chi connectivity index (χ4n) is 0.583. The van der Waals surface area contributed by atoms with Crippen LogP contribution in [-0.4, -0.2) is 13.1 Å². The van der Waals surface area contributed by atoms with E-state index in [2.05, 4.69) is 10.6 Å².